The van der Waals surface area contributed by atoms with Crippen molar-refractivity contribution in [2.45, 2.75) is 6.54 Å². The lowest BCUT2D eigenvalue weighted by Crippen LogP contribution is -2.16. The van der Waals surface area contributed by atoms with Crippen LogP contribution in [0.3, 0.4) is 0 Å². The minimum absolute atomic E-state index is 0.113. The number of nitrogens with two attached hydrogens (primary N) is 1. The van der Waals surface area contributed by atoms with Crippen molar-refractivity contribution in [3.63, 3.8) is 0 Å². The Balaban J connectivity index is 1.73. The number of benzene rings is 2. The summed E-state index contributed by atoms with van der Waals surface area (Å²) >= 11 is 0. The largest absolute Gasteiger partial charge is 0.457 e. The molecular formula is C19H16FN3O2. The van der Waals surface area contributed by atoms with Crippen LogP contribution in [0.2, 0.25) is 0 Å². The third kappa shape index (κ3) is 4.32. The van der Waals surface area contributed by atoms with Crippen molar-refractivity contribution in [2.24, 2.45) is 5.73 Å². The highest BCUT2D eigenvalue weighted by Crippen LogP contribution is 2.22. The number of anilines is 1. The van der Waals surface area contributed by atoms with Gasteiger partial charge >= 0.3 is 0 Å². The first kappa shape index (κ1) is 16.4. The van der Waals surface area contributed by atoms with Crippen LogP contribution >= 0.6 is 0 Å². The number of carbonyl (C=O) groups is 1. The van der Waals surface area contributed by atoms with Crippen LogP contribution < -0.4 is 15.8 Å². The zero-order valence-corrected chi connectivity index (χ0v) is 13.3. The summed E-state index contributed by atoms with van der Waals surface area (Å²) in [5, 5.41) is 2.94. The van der Waals surface area contributed by atoms with Gasteiger partial charge in [0.25, 0.3) is 5.91 Å². The van der Waals surface area contributed by atoms with Crippen LogP contribution in [-0.4, -0.2) is 10.9 Å². The molecule has 2 aromatic carbocycles. The molecule has 3 aromatic rings. The number of pyridine rings is 1. The van der Waals surface area contributed by atoms with Crippen LogP contribution in [0.15, 0.2) is 66.7 Å². The number of hydrogen-bond donors (Lipinski definition) is 2. The molecule has 1 amide bonds. The van der Waals surface area contributed by atoms with Crippen LogP contribution in [0.1, 0.15) is 15.9 Å². The first-order valence-corrected chi connectivity index (χ1v) is 7.64. The SMILES string of the molecule is NC(=O)c1ccc(F)nc1NCc1cccc(Oc2ccccc2)c1. The van der Waals surface area contributed by atoms with E-state index in [1.807, 2.05) is 54.6 Å². The summed E-state index contributed by atoms with van der Waals surface area (Å²) in [4.78, 5) is 15.1. The van der Waals surface area contributed by atoms with E-state index in [0.29, 0.717) is 12.3 Å². The molecule has 0 aliphatic heterocycles. The highest BCUT2D eigenvalue weighted by Gasteiger charge is 2.11. The summed E-state index contributed by atoms with van der Waals surface area (Å²) in [5.41, 5.74) is 6.30. The van der Waals surface area contributed by atoms with Gasteiger partial charge in [0.05, 0.1) is 5.56 Å². The van der Waals surface area contributed by atoms with Crippen LogP contribution in [0.5, 0.6) is 11.5 Å². The first-order valence-electron chi connectivity index (χ1n) is 7.64. The van der Waals surface area contributed by atoms with Crippen LogP contribution in [0, 0.1) is 5.95 Å². The number of amides is 1. The van der Waals surface area contributed by atoms with Gasteiger partial charge in [-0.05, 0) is 42.0 Å². The molecule has 1 heterocycles. The Morgan fingerprint density at radius 2 is 1.80 bits per heavy atom. The molecular weight excluding hydrogens is 321 g/mol. The summed E-state index contributed by atoms with van der Waals surface area (Å²) in [6.07, 6.45) is 0. The van der Waals surface area contributed by atoms with Gasteiger partial charge in [-0.15, -0.1) is 0 Å². The van der Waals surface area contributed by atoms with Gasteiger partial charge in [-0.3, -0.25) is 4.79 Å². The van der Waals surface area contributed by atoms with E-state index < -0.39 is 11.9 Å². The van der Waals surface area contributed by atoms with Gasteiger partial charge in [0.2, 0.25) is 5.95 Å². The lowest BCUT2D eigenvalue weighted by molar-refractivity contribution is 0.100. The Kier molecular flexibility index (Phi) is 4.89. The molecule has 1 aromatic heterocycles. The molecule has 3 N–H and O–H groups in total. The molecule has 0 bridgehead atoms. The number of halogens is 1. The number of para-hydroxylation sites is 1. The number of nitrogens with zero attached hydrogens (tertiary/aromatic N) is 1. The lowest BCUT2D eigenvalue weighted by atomic mass is 10.2. The summed E-state index contributed by atoms with van der Waals surface area (Å²) < 4.78 is 19.1. The molecule has 0 atom stereocenters. The van der Waals surface area contributed by atoms with E-state index in [2.05, 4.69) is 10.3 Å². The monoisotopic (exact) mass is 337 g/mol. The predicted molar refractivity (Wildman–Crippen MR) is 93.0 cm³/mol. The third-order valence-corrected chi connectivity index (χ3v) is 3.46. The number of rotatable bonds is 6. The minimum atomic E-state index is -0.686. The molecule has 0 unspecified atom stereocenters. The quantitative estimate of drug-likeness (QED) is 0.672. The molecule has 3 rings (SSSR count). The van der Waals surface area contributed by atoms with E-state index in [0.717, 1.165) is 17.4 Å². The van der Waals surface area contributed by atoms with E-state index in [-0.39, 0.29) is 11.4 Å². The number of primary amides is 1. The molecule has 0 aliphatic carbocycles. The van der Waals surface area contributed by atoms with Crippen molar-refractivity contribution < 1.29 is 13.9 Å². The summed E-state index contributed by atoms with van der Waals surface area (Å²) in [7, 11) is 0. The summed E-state index contributed by atoms with van der Waals surface area (Å²) in [5.74, 6) is 0.162. The second-order valence-corrected chi connectivity index (χ2v) is 5.31. The fourth-order valence-electron chi connectivity index (χ4n) is 2.30. The Hall–Kier alpha value is -3.41. The minimum Gasteiger partial charge on any atom is -0.457 e. The maximum atomic E-state index is 13.3. The molecule has 126 valence electrons. The van der Waals surface area contributed by atoms with Gasteiger partial charge in [-0.2, -0.15) is 4.39 Å². The fraction of sp³-hybridized carbons (Fsp3) is 0.0526. The average Bonchev–Trinajstić information content (AvgIpc) is 2.61. The molecule has 25 heavy (non-hydrogen) atoms. The topological polar surface area (TPSA) is 77.2 Å². The van der Waals surface area contributed by atoms with Gasteiger partial charge in [0.1, 0.15) is 17.3 Å². The maximum absolute atomic E-state index is 13.3. The average molecular weight is 337 g/mol. The van der Waals surface area contributed by atoms with Crippen LogP contribution in [0.25, 0.3) is 0 Å². The Morgan fingerprint density at radius 3 is 2.56 bits per heavy atom. The molecule has 5 nitrogen and oxygen atoms in total. The fourth-order valence-corrected chi connectivity index (χ4v) is 2.30. The normalized spacial score (nSPS) is 10.3. The van der Waals surface area contributed by atoms with Crippen molar-refractivity contribution in [3.8, 4) is 11.5 Å². The number of carbonyl (C=O) groups excluding carboxylic acids is 1. The Morgan fingerprint density at radius 1 is 1.04 bits per heavy atom. The van der Waals surface area contributed by atoms with E-state index in [1.54, 1.807) is 0 Å². The molecule has 0 saturated carbocycles. The zero-order valence-electron chi connectivity index (χ0n) is 13.3. The molecule has 0 fully saturated rings. The molecule has 0 aliphatic rings. The second-order valence-electron chi connectivity index (χ2n) is 5.31. The van der Waals surface area contributed by atoms with Gasteiger partial charge in [-0.25, -0.2) is 4.98 Å². The highest BCUT2D eigenvalue weighted by atomic mass is 19.1. The van der Waals surface area contributed by atoms with Crippen molar-refractivity contribution in [2.75, 3.05) is 5.32 Å². The third-order valence-electron chi connectivity index (χ3n) is 3.46. The van der Waals surface area contributed by atoms with Crippen LogP contribution in [-0.2, 0) is 6.54 Å². The van der Waals surface area contributed by atoms with Crippen LogP contribution in [0.4, 0.5) is 10.2 Å². The first-order chi connectivity index (χ1) is 12.1. The maximum Gasteiger partial charge on any atom is 0.252 e. The predicted octanol–water partition coefficient (Wildman–Crippen LogP) is 3.72. The van der Waals surface area contributed by atoms with E-state index in [4.69, 9.17) is 10.5 Å². The van der Waals surface area contributed by atoms with Gasteiger partial charge < -0.3 is 15.8 Å². The number of aromatic nitrogens is 1. The van der Waals surface area contributed by atoms with Crippen molar-refractivity contribution in [1.82, 2.24) is 4.98 Å². The van der Waals surface area contributed by atoms with E-state index in [1.165, 1.54) is 6.07 Å². The number of nitrogens with one attached hydrogen (secondary N) is 1. The van der Waals surface area contributed by atoms with Crippen molar-refractivity contribution in [1.29, 1.82) is 0 Å². The molecule has 0 spiro atoms. The summed E-state index contributed by atoms with van der Waals surface area (Å²) in [6, 6.07) is 19.2. The molecule has 6 heteroatoms. The van der Waals surface area contributed by atoms with Gasteiger partial charge in [0, 0.05) is 6.54 Å². The Bertz CT molecular complexity index is 885. The zero-order chi connectivity index (χ0) is 17.6. The second kappa shape index (κ2) is 7.44. The van der Waals surface area contributed by atoms with E-state index in [9.17, 15) is 9.18 Å². The Labute approximate surface area is 144 Å². The summed E-state index contributed by atoms with van der Waals surface area (Å²) in [6.45, 7) is 0.336. The van der Waals surface area contributed by atoms with Crippen molar-refractivity contribution in [3.05, 3.63) is 83.8 Å². The smallest absolute Gasteiger partial charge is 0.252 e. The number of ether oxygens (including phenoxy) is 1. The molecule has 0 saturated heterocycles. The highest BCUT2D eigenvalue weighted by molar-refractivity contribution is 5.97. The lowest BCUT2D eigenvalue weighted by Gasteiger charge is -2.11. The molecule has 0 radical (unpaired) electrons. The van der Waals surface area contributed by atoms with Crippen molar-refractivity contribution >= 4 is 11.7 Å². The van der Waals surface area contributed by atoms with Gasteiger partial charge in [-0.1, -0.05) is 30.3 Å². The van der Waals surface area contributed by atoms with Gasteiger partial charge in [0.15, 0.2) is 0 Å². The standard InChI is InChI=1S/C19H16FN3O2/c20-17-10-9-16(18(21)24)19(23-17)22-12-13-5-4-8-15(11-13)25-14-6-2-1-3-7-14/h1-11H,12H2,(H2,21,24)(H,22,23). The number of hydrogen-bond acceptors (Lipinski definition) is 4. The van der Waals surface area contributed by atoms with E-state index >= 15 is 0 Å².